The van der Waals surface area contributed by atoms with E-state index in [-0.39, 0.29) is 18.5 Å². The third-order valence-corrected chi connectivity index (χ3v) is 18.3. The van der Waals surface area contributed by atoms with E-state index in [2.05, 4.69) is 31.3 Å². The smallest absolute Gasteiger partial charge is 0.305 e. The molecule has 11 heteroatoms. The van der Waals surface area contributed by atoms with Gasteiger partial charge in [-0.2, -0.15) is 0 Å². The molecule has 0 radical (unpaired) electrons. The monoisotopic (exact) mass is 1230 g/mol. The van der Waals surface area contributed by atoms with Crippen molar-refractivity contribution >= 4 is 11.9 Å². The second-order valence-corrected chi connectivity index (χ2v) is 26.7. The minimum Gasteiger partial charge on any atom is -0.466 e. The highest BCUT2D eigenvalue weighted by molar-refractivity contribution is 5.76. The van der Waals surface area contributed by atoms with Crippen LogP contribution >= 0.6 is 0 Å². The molecule has 1 saturated heterocycles. The lowest BCUT2D eigenvalue weighted by atomic mass is 9.99. The number of unbranched alkanes of at least 4 members (excludes halogenated alkanes) is 52. The number of hydrogen-bond donors (Lipinski definition) is 6. The summed E-state index contributed by atoms with van der Waals surface area (Å²) in [5.74, 6) is -0.166. The largest absolute Gasteiger partial charge is 0.466 e. The highest BCUT2D eigenvalue weighted by Crippen LogP contribution is 2.24. The first-order valence-electron chi connectivity index (χ1n) is 38.1. The molecule has 6 N–H and O–H groups in total. The molecular formula is C76H145NO10. The highest BCUT2D eigenvalue weighted by atomic mass is 16.7. The van der Waals surface area contributed by atoms with Crippen LogP contribution in [0.5, 0.6) is 0 Å². The number of amides is 1. The van der Waals surface area contributed by atoms with E-state index in [4.69, 9.17) is 14.2 Å². The summed E-state index contributed by atoms with van der Waals surface area (Å²) in [7, 11) is 0. The second kappa shape index (κ2) is 65.6. The fraction of sp³-hybridized carbons (Fsp3) is 0.921. The summed E-state index contributed by atoms with van der Waals surface area (Å²) < 4.78 is 16.7. The summed E-state index contributed by atoms with van der Waals surface area (Å²) in [5, 5.41) is 54.3. The van der Waals surface area contributed by atoms with Crippen LogP contribution < -0.4 is 5.32 Å². The molecule has 0 aromatic carbocycles. The Morgan fingerprint density at radius 2 is 0.736 bits per heavy atom. The van der Waals surface area contributed by atoms with Gasteiger partial charge in [0.25, 0.3) is 0 Å². The quantitative estimate of drug-likeness (QED) is 0.0195. The van der Waals surface area contributed by atoms with E-state index in [1.165, 1.54) is 302 Å². The van der Waals surface area contributed by atoms with E-state index in [0.29, 0.717) is 19.4 Å². The van der Waals surface area contributed by atoms with Gasteiger partial charge in [-0.05, 0) is 57.8 Å². The van der Waals surface area contributed by atoms with Crippen LogP contribution in [0.1, 0.15) is 386 Å². The molecule has 1 fully saturated rings. The fourth-order valence-corrected chi connectivity index (χ4v) is 12.3. The molecule has 1 amide bonds. The van der Waals surface area contributed by atoms with E-state index < -0.39 is 49.5 Å². The molecule has 11 nitrogen and oxygen atoms in total. The number of carbonyl (C=O) groups excluding carboxylic acids is 2. The molecule has 7 atom stereocenters. The molecule has 0 spiro atoms. The molecule has 87 heavy (non-hydrogen) atoms. The van der Waals surface area contributed by atoms with E-state index in [1.54, 1.807) is 6.08 Å². The lowest BCUT2D eigenvalue weighted by Crippen LogP contribution is -2.60. The first-order valence-corrected chi connectivity index (χ1v) is 38.1. The van der Waals surface area contributed by atoms with Gasteiger partial charge in [0.2, 0.25) is 5.91 Å². The van der Waals surface area contributed by atoms with Gasteiger partial charge in [-0.1, -0.05) is 340 Å². The van der Waals surface area contributed by atoms with Crippen LogP contribution in [-0.4, -0.2) is 100 Å². The Bertz CT molecular complexity index is 1490. The normalized spacial score (nSPS) is 17.9. The number of esters is 1. The summed E-state index contributed by atoms with van der Waals surface area (Å²) in [4.78, 5) is 25.1. The van der Waals surface area contributed by atoms with Gasteiger partial charge in [0.05, 0.1) is 32.0 Å². The SMILES string of the molecule is CCCCCCCCC/C=C\CCCCCCCCCC(=O)OCCCCCCCCCCCCCCCCCCCCCCCCCCCCCCCCCCC(=O)NC(COC1OC(CO)C(O)C(O)C1O)C(O)/C=C/CCCCCCCCC. The highest BCUT2D eigenvalue weighted by Gasteiger charge is 2.44. The minimum absolute atomic E-state index is 0.0115. The number of allylic oxidation sites excluding steroid dienone is 3. The predicted octanol–water partition coefficient (Wildman–Crippen LogP) is 20.0. The lowest BCUT2D eigenvalue weighted by Gasteiger charge is -2.40. The molecule has 1 rings (SSSR count). The molecule has 1 aliphatic rings. The van der Waals surface area contributed by atoms with Crippen molar-refractivity contribution in [1.82, 2.24) is 5.32 Å². The molecule has 0 aromatic heterocycles. The average Bonchev–Trinajstić information content (AvgIpc) is 3.04. The van der Waals surface area contributed by atoms with Crippen LogP contribution in [0.4, 0.5) is 0 Å². The average molecular weight is 1230 g/mol. The van der Waals surface area contributed by atoms with Crippen LogP contribution in [0.2, 0.25) is 0 Å². The third-order valence-electron chi connectivity index (χ3n) is 18.3. The zero-order chi connectivity index (χ0) is 63.0. The van der Waals surface area contributed by atoms with Crippen LogP contribution in [0.25, 0.3) is 0 Å². The molecule has 1 heterocycles. The molecule has 0 bridgehead atoms. The van der Waals surface area contributed by atoms with Crippen LogP contribution in [0.15, 0.2) is 24.3 Å². The first kappa shape index (κ1) is 83.2. The molecule has 7 unspecified atom stereocenters. The zero-order valence-corrected chi connectivity index (χ0v) is 57.3. The van der Waals surface area contributed by atoms with Crippen molar-refractivity contribution in [1.29, 1.82) is 0 Å². The van der Waals surface area contributed by atoms with Gasteiger partial charge in [-0.15, -0.1) is 0 Å². The summed E-state index contributed by atoms with van der Waals surface area (Å²) in [6, 6.07) is -0.805. The van der Waals surface area contributed by atoms with Crippen molar-refractivity contribution in [3.05, 3.63) is 24.3 Å². The Morgan fingerprint density at radius 3 is 1.10 bits per heavy atom. The van der Waals surface area contributed by atoms with Crippen molar-refractivity contribution in [2.75, 3.05) is 19.8 Å². The number of hydrogen-bond acceptors (Lipinski definition) is 10. The Labute approximate surface area is 537 Å². The van der Waals surface area contributed by atoms with Gasteiger partial charge >= 0.3 is 5.97 Å². The predicted molar refractivity (Wildman–Crippen MR) is 366 cm³/mol. The van der Waals surface area contributed by atoms with Crippen LogP contribution in [0.3, 0.4) is 0 Å². The molecule has 0 saturated carbocycles. The number of carbonyl (C=O) groups is 2. The summed E-state index contributed by atoms with van der Waals surface area (Å²) in [6.45, 7) is 4.36. The van der Waals surface area contributed by atoms with Crippen molar-refractivity contribution in [2.24, 2.45) is 0 Å². The van der Waals surface area contributed by atoms with Gasteiger partial charge in [0.1, 0.15) is 24.4 Å². The number of nitrogens with one attached hydrogen (secondary N) is 1. The maximum atomic E-state index is 13.0. The van der Waals surface area contributed by atoms with Crippen molar-refractivity contribution < 1.29 is 49.3 Å². The third kappa shape index (κ3) is 54.4. The molecule has 0 aromatic rings. The fourth-order valence-electron chi connectivity index (χ4n) is 12.3. The molecular weight excluding hydrogens is 1090 g/mol. The van der Waals surface area contributed by atoms with Gasteiger partial charge in [0, 0.05) is 12.8 Å². The van der Waals surface area contributed by atoms with E-state index in [9.17, 15) is 35.1 Å². The van der Waals surface area contributed by atoms with Gasteiger partial charge in [0.15, 0.2) is 6.29 Å². The topological polar surface area (TPSA) is 175 Å². The Balaban J connectivity index is 1.86. The zero-order valence-electron chi connectivity index (χ0n) is 57.3. The summed E-state index contributed by atoms with van der Waals surface area (Å²) in [6.07, 6.45) is 73.6. The number of ether oxygens (including phenoxy) is 3. The molecule has 0 aliphatic carbocycles. The minimum atomic E-state index is -1.57. The maximum Gasteiger partial charge on any atom is 0.305 e. The Hall–Kier alpha value is -1.86. The van der Waals surface area contributed by atoms with Gasteiger partial charge in [-0.3, -0.25) is 9.59 Å². The standard InChI is InChI=1S/C76H145NO10/c1-3-5-7-9-11-13-14-15-16-17-35-38-41-44-48-52-56-60-64-72(81)85-65-61-57-53-49-45-42-39-36-33-31-29-27-25-23-21-19-18-20-22-24-26-28-30-32-34-37-40-43-47-51-55-59-63-71(80)77-68(69(79)62-58-54-50-46-12-10-8-6-4-2)67-86-76-75(84)74(83)73(82)70(66-78)87-76/h16-17,58,62,68-70,73-76,78-79,82-84H,3-15,18-57,59-61,63-67H2,1-2H3,(H,77,80)/b17-16-,62-58+. The van der Waals surface area contributed by atoms with Crippen molar-refractivity contribution in [2.45, 2.75) is 429 Å². The van der Waals surface area contributed by atoms with E-state index >= 15 is 0 Å². The second-order valence-electron chi connectivity index (χ2n) is 26.7. The lowest BCUT2D eigenvalue weighted by molar-refractivity contribution is -0.302. The first-order chi connectivity index (χ1) is 42.7. The molecule has 1 aliphatic heterocycles. The van der Waals surface area contributed by atoms with Crippen LogP contribution in [0, 0.1) is 0 Å². The van der Waals surface area contributed by atoms with Gasteiger partial charge in [-0.25, -0.2) is 0 Å². The number of aliphatic hydroxyl groups is 5. The number of rotatable bonds is 68. The molecule has 514 valence electrons. The van der Waals surface area contributed by atoms with Crippen molar-refractivity contribution in [3.63, 3.8) is 0 Å². The number of aliphatic hydroxyl groups excluding tert-OH is 5. The maximum absolute atomic E-state index is 13.0. The Kier molecular flexibility index (Phi) is 62.7. The van der Waals surface area contributed by atoms with E-state index in [0.717, 1.165) is 57.8 Å². The van der Waals surface area contributed by atoms with Gasteiger partial charge < -0.3 is 45.1 Å². The summed E-state index contributed by atoms with van der Waals surface area (Å²) in [5.41, 5.74) is 0. The Morgan fingerprint density at radius 1 is 0.414 bits per heavy atom. The summed E-state index contributed by atoms with van der Waals surface area (Å²) >= 11 is 0. The van der Waals surface area contributed by atoms with Crippen LogP contribution in [-0.2, 0) is 23.8 Å². The van der Waals surface area contributed by atoms with E-state index in [1.807, 2.05) is 6.08 Å². The van der Waals surface area contributed by atoms with Crippen molar-refractivity contribution in [3.8, 4) is 0 Å².